The van der Waals surface area contributed by atoms with E-state index in [0.717, 1.165) is 58.3 Å². The molecule has 0 aromatic heterocycles. The Labute approximate surface area is 454 Å². The lowest BCUT2D eigenvalue weighted by atomic mass is 9.88. The van der Waals surface area contributed by atoms with Gasteiger partial charge in [0, 0.05) is 13.3 Å². The molecule has 2 rings (SSSR count). The Bertz CT molecular complexity index is 1530. The summed E-state index contributed by atoms with van der Waals surface area (Å²) in [4.78, 5) is 38.4. The van der Waals surface area contributed by atoms with E-state index in [0.29, 0.717) is 12.8 Å². The standard InChI is InChI=1S/C57H106N2O17/c1-4-6-8-10-12-14-16-18-19-20-21-22-24-26-28-30-32-34-36-44(64)54(70)59-42(43(63)35-33-31-29-27-25-23-17-15-13-11-9-7-5-2)40-73-55-51(69)53(50(68)47(39-61)74-55)76-57(56(71)72)37-45(65)48(58-41(3)62)52(75-57)49(67)46(66)38-60/h33,35,42-53,55,60-61,63-69H,4-32,34,36-40H2,1-3H3,(H,58,62)(H,59,70)(H,71,72)/b35-33+/t42-,43+,44?,45-,46+,47+,48+,49+,50-,51+,52+,53-,55+,57-/m0/s1. The molecule has 19 heteroatoms. The fourth-order valence-electron chi connectivity index (χ4n) is 10.2. The van der Waals surface area contributed by atoms with Gasteiger partial charge in [0.2, 0.25) is 11.8 Å². The fraction of sp³-hybridized carbons (Fsp3) is 0.912. The molecule has 2 amide bonds. The number of carboxylic acid groups (broad SMARTS) is 1. The number of nitrogens with one attached hydrogen (secondary N) is 2. The molecule has 0 saturated carbocycles. The van der Waals surface area contributed by atoms with Crippen molar-refractivity contribution < 1.29 is 84.4 Å². The van der Waals surface area contributed by atoms with Gasteiger partial charge < -0.3 is 80.6 Å². The molecule has 12 N–H and O–H groups in total. The third kappa shape index (κ3) is 27.2. The van der Waals surface area contributed by atoms with E-state index in [-0.39, 0.29) is 6.42 Å². The molecule has 1 unspecified atom stereocenters. The summed E-state index contributed by atoms with van der Waals surface area (Å²) >= 11 is 0. The summed E-state index contributed by atoms with van der Waals surface area (Å²) < 4.78 is 23.1. The van der Waals surface area contributed by atoms with E-state index in [2.05, 4.69) is 24.5 Å². The van der Waals surface area contributed by atoms with Crippen LogP contribution in [0.3, 0.4) is 0 Å². The molecule has 0 radical (unpaired) electrons. The maximum Gasteiger partial charge on any atom is 0.364 e. The van der Waals surface area contributed by atoms with E-state index in [1.807, 2.05) is 0 Å². The zero-order chi connectivity index (χ0) is 56.1. The number of aliphatic hydroxyl groups excluding tert-OH is 9. The summed E-state index contributed by atoms with van der Waals surface area (Å²) in [5.74, 6) is -6.38. The van der Waals surface area contributed by atoms with Gasteiger partial charge in [0.1, 0.15) is 48.8 Å². The molecule has 0 aromatic carbocycles. The lowest BCUT2D eigenvalue weighted by Gasteiger charge is -2.50. The highest BCUT2D eigenvalue weighted by atomic mass is 16.8. The Hall–Kier alpha value is -2.37. The number of carbonyl (C=O) groups excluding carboxylic acids is 2. The van der Waals surface area contributed by atoms with Crippen molar-refractivity contribution in [3.63, 3.8) is 0 Å². The van der Waals surface area contributed by atoms with Crippen LogP contribution in [0.15, 0.2) is 12.2 Å². The number of amides is 2. The van der Waals surface area contributed by atoms with Crippen LogP contribution in [-0.2, 0) is 33.3 Å². The number of ether oxygens (including phenoxy) is 4. The molecule has 2 saturated heterocycles. The third-order valence-electron chi connectivity index (χ3n) is 15.0. The van der Waals surface area contributed by atoms with Crippen molar-refractivity contribution in [1.29, 1.82) is 0 Å². The van der Waals surface area contributed by atoms with Crippen LogP contribution < -0.4 is 10.6 Å². The first kappa shape index (κ1) is 69.7. The van der Waals surface area contributed by atoms with E-state index >= 15 is 0 Å². The molecule has 2 heterocycles. The number of aliphatic carboxylic acids is 1. The van der Waals surface area contributed by atoms with Crippen molar-refractivity contribution in [3.05, 3.63) is 12.2 Å². The number of allylic oxidation sites excluding steroid dienone is 1. The van der Waals surface area contributed by atoms with Crippen molar-refractivity contribution in [1.82, 2.24) is 10.6 Å². The third-order valence-corrected chi connectivity index (χ3v) is 15.0. The van der Waals surface area contributed by atoms with Crippen molar-refractivity contribution in [2.75, 3.05) is 19.8 Å². The van der Waals surface area contributed by atoms with Gasteiger partial charge in [-0.15, -0.1) is 0 Å². The highest BCUT2D eigenvalue weighted by Gasteiger charge is 2.59. The van der Waals surface area contributed by atoms with Gasteiger partial charge in [0.15, 0.2) is 6.29 Å². The second kappa shape index (κ2) is 41.6. The molecule has 0 spiro atoms. The van der Waals surface area contributed by atoms with Crippen molar-refractivity contribution >= 4 is 17.8 Å². The molecule has 14 atom stereocenters. The lowest BCUT2D eigenvalue weighted by Crippen LogP contribution is -2.70. The summed E-state index contributed by atoms with van der Waals surface area (Å²) in [6.45, 7) is 3.05. The fourth-order valence-corrected chi connectivity index (χ4v) is 10.2. The molecule has 2 fully saturated rings. The van der Waals surface area contributed by atoms with E-state index in [4.69, 9.17) is 18.9 Å². The number of carboxylic acids is 1. The Balaban J connectivity index is 2.07. The summed E-state index contributed by atoms with van der Waals surface area (Å²) in [6.07, 6.45) is 17.9. The molecular weight excluding hydrogens is 985 g/mol. The molecule has 2 aliphatic rings. The van der Waals surface area contributed by atoms with Gasteiger partial charge >= 0.3 is 5.97 Å². The largest absolute Gasteiger partial charge is 0.477 e. The van der Waals surface area contributed by atoms with Gasteiger partial charge in [0.25, 0.3) is 5.79 Å². The number of hydrogen-bond donors (Lipinski definition) is 12. The first-order valence-electron chi connectivity index (χ1n) is 29.7. The molecular formula is C57H106N2O17. The minimum absolute atomic E-state index is 0.187. The molecule has 2 aliphatic heterocycles. The topological polar surface area (TPSA) is 314 Å². The van der Waals surface area contributed by atoms with Crippen LogP contribution >= 0.6 is 0 Å². The predicted octanol–water partition coefficient (Wildman–Crippen LogP) is 5.87. The van der Waals surface area contributed by atoms with E-state index in [9.17, 15) is 65.4 Å². The average molecular weight is 1090 g/mol. The van der Waals surface area contributed by atoms with E-state index in [1.165, 1.54) is 134 Å². The maximum absolute atomic E-state index is 13.5. The maximum atomic E-state index is 13.5. The lowest BCUT2D eigenvalue weighted by molar-refractivity contribution is -0.370. The number of carbonyl (C=O) groups is 3. The number of unbranched alkanes of at least 4 members (excludes halogenated alkanes) is 28. The van der Waals surface area contributed by atoms with Crippen LogP contribution in [0.5, 0.6) is 0 Å². The highest BCUT2D eigenvalue weighted by Crippen LogP contribution is 2.37. The monoisotopic (exact) mass is 1090 g/mol. The van der Waals surface area contributed by atoms with Crippen LogP contribution in [0, 0.1) is 0 Å². The Morgan fingerprint density at radius 3 is 1.61 bits per heavy atom. The number of aliphatic hydroxyl groups is 9. The average Bonchev–Trinajstić information content (AvgIpc) is 3.39. The van der Waals surface area contributed by atoms with Crippen LogP contribution in [-0.4, -0.2) is 174 Å². The van der Waals surface area contributed by atoms with Crippen molar-refractivity contribution in [2.45, 2.75) is 311 Å². The molecule has 0 aliphatic carbocycles. The van der Waals surface area contributed by atoms with Crippen LogP contribution in [0.4, 0.5) is 0 Å². The zero-order valence-corrected chi connectivity index (χ0v) is 46.7. The second-order valence-electron chi connectivity index (χ2n) is 21.7. The molecule has 446 valence electrons. The quantitative estimate of drug-likeness (QED) is 0.0250. The second-order valence-corrected chi connectivity index (χ2v) is 21.7. The first-order valence-corrected chi connectivity index (χ1v) is 29.7. The van der Waals surface area contributed by atoms with E-state index < -0.39 is 129 Å². The van der Waals surface area contributed by atoms with Crippen LogP contribution in [0.1, 0.15) is 226 Å². The normalized spacial score (nSPS) is 26.0. The highest BCUT2D eigenvalue weighted by molar-refractivity contribution is 5.80. The summed E-state index contributed by atoms with van der Waals surface area (Å²) in [6, 6.07) is -2.75. The number of rotatable bonds is 46. The summed E-state index contributed by atoms with van der Waals surface area (Å²) in [5, 5.41) is 113. The van der Waals surface area contributed by atoms with Gasteiger partial charge in [-0.1, -0.05) is 206 Å². The molecule has 0 bridgehead atoms. The van der Waals surface area contributed by atoms with E-state index in [1.54, 1.807) is 6.08 Å². The first-order chi connectivity index (χ1) is 36.6. The predicted molar refractivity (Wildman–Crippen MR) is 289 cm³/mol. The van der Waals surface area contributed by atoms with Gasteiger partial charge in [-0.3, -0.25) is 9.59 Å². The van der Waals surface area contributed by atoms with Gasteiger partial charge in [-0.05, 0) is 19.3 Å². The molecule has 76 heavy (non-hydrogen) atoms. The SMILES string of the molecule is CCCCCCCCCCCCC/C=C/[C@@H](O)[C@H](CO[C@@H]1O[C@H](CO)[C@H](O)[C@H](O[C@]2(C(=O)O)C[C@H](O)[C@@H](NC(C)=O)[C@H]([C@H](O)[C@H](O)CO)O2)[C@H]1O)NC(=O)C(O)CCCCCCCCCCCCCCCCCCCC. The zero-order valence-electron chi connectivity index (χ0n) is 46.7. The summed E-state index contributed by atoms with van der Waals surface area (Å²) in [7, 11) is 0. The molecule has 0 aromatic rings. The van der Waals surface area contributed by atoms with Crippen molar-refractivity contribution in [3.8, 4) is 0 Å². The van der Waals surface area contributed by atoms with Gasteiger partial charge in [-0.2, -0.15) is 0 Å². The summed E-state index contributed by atoms with van der Waals surface area (Å²) in [5.41, 5.74) is 0. The van der Waals surface area contributed by atoms with Crippen LogP contribution in [0.25, 0.3) is 0 Å². The number of hydrogen-bond acceptors (Lipinski definition) is 16. The minimum Gasteiger partial charge on any atom is -0.477 e. The minimum atomic E-state index is -2.99. The van der Waals surface area contributed by atoms with Gasteiger partial charge in [0.05, 0.1) is 44.1 Å². The molecule has 19 nitrogen and oxygen atoms in total. The van der Waals surface area contributed by atoms with Gasteiger partial charge in [-0.25, -0.2) is 4.79 Å². The Kier molecular flexibility index (Phi) is 38.2. The Morgan fingerprint density at radius 2 is 1.16 bits per heavy atom. The van der Waals surface area contributed by atoms with Crippen LogP contribution in [0.2, 0.25) is 0 Å². The van der Waals surface area contributed by atoms with Crippen molar-refractivity contribution in [2.24, 2.45) is 0 Å². The Morgan fingerprint density at radius 1 is 0.684 bits per heavy atom. The smallest absolute Gasteiger partial charge is 0.364 e.